The smallest absolute Gasteiger partial charge is 0.0708 e. The lowest BCUT2D eigenvalue weighted by molar-refractivity contribution is 0.148. The number of pyridine rings is 1. The second-order valence-electron chi connectivity index (χ2n) is 5.48. The van der Waals surface area contributed by atoms with E-state index in [-0.39, 0.29) is 6.10 Å². The molecule has 1 aliphatic rings. The molecule has 0 aliphatic heterocycles. The largest absolute Gasteiger partial charge is 0.392 e. The quantitative estimate of drug-likeness (QED) is 0.863. The van der Waals surface area contributed by atoms with E-state index < -0.39 is 0 Å². The first-order chi connectivity index (χ1) is 9.24. The number of aryl methyl sites for hydroxylation is 1. The Morgan fingerprint density at radius 3 is 2.95 bits per heavy atom. The van der Waals surface area contributed by atoms with Gasteiger partial charge in [0.25, 0.3) is 0 Å². The predicted molar refractivity (Wildman–Crippen MR) is 76.9 cm³/mol. The van der Waals surface area contributed by atoms with Crippen molar-refractivity contribution in [2.45, 2.75) is 32.4 Å². The van der Waals surface area contributed by atoms with Gasteiger partial charge in [0, 0.05) is 24.2 Å². The summed E-state index contributed by atoms with van der Waals surface area (Å²) in [6, 6.07) is 10.3. The van der Waals surface area contributed by atoms with E-state index in [1.54, 1.807) is 0 Å². The zero-order chi connectivity index (χ0) is 13.2. The molecule has 1 aromatic carbocycles. The van der Waals surface area contributed by atoms with Crippen LogP contribution in [0.1, 0.15) is 24.1 Å². The van der Waals surface area contributed by atoms with E-state index in [2.05, 4.69) is 22.4 Å². The molecule has 2 N–H and O–H groups in total. The maximum Gasteiger partial charge on any atom is 0.0708 e. The van der Waals surface area contributed by atoms with Crippen molar-refractivity contribution in [1.29, 1.82) is 0 Å². The van der Waals surface area contributed by atoms with Crippen LogP contribution < -0.4 is 5.32 Å². The molecule has 100 valence electrons. The third kappa shape index (κ3) is 2.94. The number of aliphatic hydroxyl groups excluding tert-OH is 1. The molecule has 0 spiro atoms. The van der Waals surface area contributed by atoms with Crippen LogP contribution in [0.15, 0.2) is 30.3 Å². The van der Waals surface area contributed by atoms with E-state index in [4.69, 9.17) is 0 Å². The molecule has 1 unspecified atom stereocenters. The molecular weight excluding hydrogens is 236 g/mol. The van der Waals surface area contributed by atoms with Gasteiger partial charge in [0.15, 0.2) is 0 Å². The van der Waals surface area contributed by atoms with Gasteiger partial charge in [0.05, 0.1) is 11.6 Å². The second kappa shape index (κ2) is 5.27. The lowest BCUT2D eigenvalue weighted by atomic mass is 10.1. The van der Waals surface area contributed by atoms with Crippen LogP contribution in [0.25, 0.3) is 10.9 Å². The summed E-state index contributed by atoms with van der Waals surface area (Å²) < 4.78 is 0. The van der Waals surface area contributed by atoms with Crippen molar-refractivity contribution in [3.05, 3.63) is 41.6 Å². The summed E-state index contributed by atoms with van der Waals surface area (Å²) in [4.78, 5) is 4.54. The monoisotopic (exact) mass is 256 g/mol. The van der Waals surface area contributed by atoms with Crippen molar-refractivity contribution >= 4 is 10.9 Å². The molecule has 3 nitrogen and oxygen atoms in total. The number of fused-ring (bicyclic) bond motifs is 1. The first-order valence-electron chi connectivity index (χ1n) is 6.98. The molecule has 1 aromatic heterocycles. The Morgan fingerprint density at radius 1 is 1.37 bits per heavy atom. The number of rotatable bonds is 5. The van der Waals surface area contributed by atoms with Gasteiger partial charge in [-0.3, -0.25) is 4.98 Å². The van der Waals surface area contributed by atoms with Crippen LogP contribution >= 0.6 is 0 Å². The second-order valence-corrected chi connectivity index (χ2v) is 5.48. The topological polar surface area (TPSA) is 45.1 Å². The Kier molecular flexibility index (Phi) is 3.49. The fraction of sp³-hybridized carbons (Fsp3) is 0.438. The van der Waals surface area contributed by atoms with Crippen LogP contribution in [0.3, 0.4) is 0 Å². The van der Waals surface area contributed by atoms with Gasteiger partial charge >= 0.3 is 0 Å². The maximum absolute atomic E-state index is 9.86. The summed E-state index contributed by atoms with van der Waals surface area (Å²) in [6.07, 6.45) is 2.18. The van der Waals surface area contributed by atoms with Crippen LogP contribution in [-0.2, 0) is 6.54 Å². The first-order valence-corrected chi connectivity index (χ1v) is 6.98. The minimum Gasteiger partial charge on any atom is -0.392 e. The summed E-state index contributed by atoms with van der Waals surface area (Å²) in [6.45, 7) is 3.49. The summed E-state index contributed by atoms with van der Waals surface area (Å²) in [5.41, 5.74) is 3.34. The summed E-state index contributed by atoms with van der Waals surface area (Å²) in [7, 11) is 0. The van der Waals surface area contributed by atoms with Gasteiger partial charge in [-0.05, 0) is 43.4 Å². The number of hydrogen-bond acceptors (Lipinski definition) is 3. The van der Waals surface area contributed by atoms with Crippen molar-refractivity contribution in [1.82, 2.24) is 10.3 Å². The fourth-order valence-electron chi connectivity index (χ4n) is 2.54. The summed E-state index contributed by atoms with van der Waals surface area (Å²) >= 11 is 0. The maximum atomic E-state index is 9.86. The number of nitrogens with one attached hydrogen (secondary N) is 1. The van der Waals surface area contributed by atoms with Crippen molar-refractivity contribution in [3.8, 4) is 0 Å². The van der Waals surface area contributed by atoms with Crippen molar-refractivity contribution in [2.24, 2.45) is 5.92 Å². The Morgan fingerprint density at radius 2 is 2.16 bits per heavy atom. The third-order valence-corrected chi connectivity index (χ3v) is 3.77. The highest BCUT2D eigenvalue weighted by Crippen LogP contribution is 2.32. The van der Waals surface area contributed by atoms with Crippen molar-refractivity contribution < 1.29 is 5.11 Å². The molecule has 1 atom stereocenters. The minimum absolute atomic E-state index is 0.186. The summed E-state index contributed by atoms with van der Waals surface area (Å²) in [5, 5.41) is 14.4. The van der Waals surface area contributed by atoms with E-state index in [0.29, 0.717) is 12.5 Å². The van der Waals surface area contributed by atoms with Gasteiger partial charge in [0.2, 0.25) is 0 Å². The van der Waals surface area contributed by atoms with E-state index in [1.807, 2.05) is 25.1 Å². The van der Waals surface area contributed by atoms with Crippen LogP contribution in [0, 0.1) is 12.8 Å². The molecule has 1 saturated carbocycles. The van der Waals surface area contributed by atoms with E-state index in [0.717, 1.165) is 17.8 Å². The first kappa shape index (κ1) is 12.6. The zero-order valence-electron chi connectivity index (χ0n) is 11.3. The Hall–Kier alpha value is -1.45. The number of aromatic nitrogens is 1. The number of nitrogens with zero attached hydrogens (tertiary/aromatic N) is 1. The van der Waals surface area contributed by atoms with Gasteiger partial charge in [-0.25, -0.2) is 0 Å². The number of para-hydroxylation sites is 1. The average molecular weight is 256 g/mol. The van der Waals surface area contributed by atoms with Crippen LogP contribution in [0.5, 0.6) is 0 Å². The highest BCUT2D eigenvalue weighted by atomic mass is 16.3. The molecule has 19 heavy (non-hydrogen) atoms. The highest BCUT2D eigenvalue weighted by Gasteiger charge is 2.29. The minimum atomic E-state index is -0.186. The molecule has 1 heterocycles. The van der Waals surface area contributed by atoms with E-state index in [1.165, 1.54) is 23.8 Å². The Labute approximate surface area is 113 Å². The van der Waals surface area contributed by atoms with Gasteiger partial charge in [-0.2, -0.15) is 0 Å². The average Bonchev–Trinajstić information content (AvgIpc) is 3.22. The lowest BCUT2D eigenvalue weighted by Gasteiger charge is -2.12. The lowest BCUT2D eigenvalue weighted by Crippen LogP contribution is -2.27. The third-order valence-electron chi connectivity index (χ3n) is 3.77. The van der Waals surface area contributed by atoms with Gasteiger partial charge in [-0.15, -0.1) is 0 Å². The van der Waals surface area contributed by atoms with Crippen molar-refractivity contribution in [3.63, 3.8) is 0 Å². The van der Waals surface area contributed by atoms with E-state index in [9.17, 15) is 5.11 Å². The molecule has 0 bridgehead atoms. The van der Waals surface area contributed by atoms with Crippen molar-refractivity contribution in [2.75, 3.05) is 6.54 Å². The Balaban J connectivity index is 1.72. The molecule has 1 fully saturated rings. The van der Waals surface area contributed by atoms with Gasteiger partial charge in [-0.1, -0.05) is 18.2 Å². The summed E-state index contributed by atoms with van der Waals surface area (Å²) in [5.74, 6) is 0.531. The van der Waals surface area contributed by atoms with Gasteiger partial charge < -0.3 is 10.4 Å². The highest BCUT2D eigenvalue weighted by molar-refractivity contribution is 5.82. The Bertz CT molecular complexity index is 578. The molecule has 0 saturated heterocycles. The molecular formula is C16H20N2O. The standard InChI is InChI=1S/C16H20N2O/c1-11-8-13(9-17-10-16(19)12-6-7-12)14-4-2-3-5-15(14)18-11/h2-5,8,12,16-17,19H,6-7,9-10H2,1H3. The molecule has 2 aromatic rings. The van der Waals surface area contributed by atoms with Crippen LogP contribution in [0.2, 0.25) is 0 Å². The van der Waals surface area contributed by atoms with E-state index >= 15 is 0 Å². The molecule has 0 amide bonds. The predicted octanol–water partition coefficient (Wildman–Crippen LogP) is 2.40. The van der Waals surface area contributed by atoms with Crippen LogP contribution in [-0.4, -0.2) is 22.7 Å². The number of hydrogen-bond donors (Lipinski definition) is 2. The number of benzene rings is 1. The normalized spacial score (nSPS) is 16.7. The van der Waals surface area contributed by atoms with Gasteiger partial charge in [0.1, 0.15) is 0 Å². The molecule has 0 radical (unpaired) electrons. The SMILES string of the molecule is Cc1cc(CNCC(O)C2CC2)c2ccccc2n1. The fourth-order valence-corrected chi connectivity index (χ4v) is 2.54. The molecule has 3 heteroatoms. The molecule has 1 aliphatic carbocycles. The molecule has 3 rings (SSSR count). The van der Waals surface area contributed by atoms with Crippen LogP contribution in [0.4, 0.5) is 0 Å². The number of aliphatic hydroxyl groups is 1. The zero-order valence-corrected chi connectivity index (χ0v) is 11.3.